The fraction of sp³-hybridized carbons (Fsp3) is 0.0833. The van der Waals surface area contributed by atoms with E-state index < -0.39 is 17.7 Å². The average Bonchev–Trinajstić information content (AvgIpc) is 3.05. The SMILES string of the molecule is COc1ccc(C2/C(=C(\O)c3ccccc3)C(=O)C(=O)N2c2ccc(Br)cc2)cc1. The molecule has 1 saturated heterocycles. The summed E-state index contributed by atoms with van der Waals surface area (Å²) in [5.41, 5.74) is 1.78. The van der Waals surface area contributed by atoms with Crippen LogP contribution in [0.4, 0.5) is 5.69 Å². The molecule has 5 nitrogen and oxygen atoms in total. The highest BCUT2D eigenvalue weighted by Gasteiger charge is 2.46. The first-order valence-electron chi connectivity index (χ1n) is 9.27. The molecule has 1 atom stereocenters. The zero-order valence-electron chi connectivity index (χ0n) is 16.1. The molecule has 30 heavy (non-hydrogen) atoms. The summed E-state index contributed by atoms with van der Waals surface area (Å²) in [5.74, 6) is -0.951. The molecule has 0 radical (unpaired) electrons. The molecule has 1 aliphatic rings. The Kier molecular flexibility index (Phi) is 5.42. The van der Waals surface area contributed by atoms with Crippen molar-refractivity contribution in [1.82, 2.24) is 0 Å². The highest BCUT2D eigenvalue weighted by atomic mass is 79.9. The van der Waals surface area contributed by atoms with Crippen molar-refractivity contribution in [2.75, 3.05) is 12.0 Å². The zero-order chi connectivity index (χ0) is 21.3. The number of benzene rings is 3. The van der Waals surface area contributed by atoms with E-state index in [1.54, 1.807) is 79.9 Å². The lowest BCUT2D eigenvalue weighted by Crippen LogP contribution is -2.29. The lowest BCUT2D eigenvalue weighted by atomic mass is 9.95. The number of carbonyl (C=O) groups is 2. The van der Waals surface area contributed by atoms with E-state index >= 15 is 0 Å². The normalized spacial score (nSPS) is 17.9. The van der Waals surface area contributed by atoms with Crippen LogP contribution in [-0.4, -0.2) is 23.9 Å². The maximum Gasteiger partial charge on any atom is 0.300 e. The van der Waals surface area contributed by atoms with Gasteiger partial charge in [-0.15, -0.1) is 0 Å². The van der Waals surface area contributed by atoms with Crippen molar-refractivity contribution in [1.29, 1.82) is 0 Å². The Bertz CT molecular complexity index is 1120. The van der Waals surface area contributed by atoms with Gasteiger partial charge < -0.3 is 9.84 Å². The summed E-state index contributed by atoms with van der Waals surface area (Å²) in [7, 11) is 1.57. The van der Waals surface area contributed by atoms with Crippen LogP contribution in [0, 0.1) is 0 Å². The number of hydrogen-bond donors (Lipinski definition) is 1. The summed E-state index contributed by atoms with van der Waals surface area (Å²) in [6.45, 7) is 0. The number of ether oxygens (including phenoxy) is 1. The van der Waals surface area contributed by atoms with Crippen molar-refractivity contribution < 1.29 is 19.4 Å². The fourth-order valence-corrected chi connectivity index (χ4v) is 3.82. The molecule has 0 bridgehead atoms. The lowest BCUT2D eigenvalue weighted by molar-refractivity contribution is -0.132. The van der Waals surface area contributed by atoms with Crippen molar-refractivity contribution >= 4 is 39.1 Å². The van der Waals surface area contributed by atoms with Crippen LogP contribution >= 0.6 is 15.9 Å². The third-order valence-corrected chi connectivity index (χ3v) is 5.56. The average molecular weight is 464 g/mol. The van der Waals surface area contributed by atoms with Crippen LogP contribution in [-0.2, 0) is 9.59 Å². The second kappa shape index (κ2) is 8.16. The number of rotatable bonds is 4. The minimum Gasteiger partial charge on any atom is -0.507 e. The Morgan fingerprint density at radius 3 is 2.17 bits per heavy atom. The van der Waals surface area contributed by atoms with Crippen molar-refractivity contribution in [2.45, 2.75) is 6.04 Å². The molecule has 0 aromatic heterocycles. The summed E-state index contributed by atoms with van der Waals surface area (Å²) in [5, 5.41) is 11.0. The van der Waals surface area contributed by atoms with Crippen molar-refractivity contribution in [3.05, 3.63) is 100 Å². The molecule has 0 aliphatic carbocycles. The highest BCUT2D eigenvalue weighted by molar-refractivity contribution is 9.10. The van der Waals surface area contributed by atoms with Crippen molar-refractivity contribution in [3.63, 3.8) is 0 Å². The van der Waals surface area contributed by atoms with E-state index in [2.05, 4.69) is 15.9 Å². The Balaban J connectivity index is 1.92. The summed E-state index contributed by atoms with van der Waals surface area (Å²) in [6, 6.07) is 22.2. The van der Waals surface area contributed by atoms with E-state index in [9.17, 15) is 14.7 Å². The molecule has 0 saturated carbocycles. The number of Topliss-reactive ketones (excluding diaryl/α,β-unsaturated/α-hetero) is 1. The second-order valence-electron chi connectivity index (χ2n) is 6.78. The Labute approximate surface area is 182 Å². The maximum absolute atomic E-state index is 13.0. The number of carbonyl (C=O) groups excluding carboxylic acids is 2. The molecule has 3 aromatic carbocycles. The summed E-state index contributed by atoms with van der Waals surface area (Å²) < 4.78 is 6.08. The topological polar surface area (TPSA) is 66.8 Å². The minimum absolute atomic E-state index is 0.0549. The van der Waals surface area contributed by atoms with Gasteiger partial charge in [0.15, 0.2) is 0 Å². The molecular formula is C24H18BrNO4. The molecule has 150 valence electrons. The van der Waals surface area contributed by atoms with Gasteiger partial charge in [-0.25, -0.2) is 0 Å². The predicted octanol–water partition coefficient (Wildman–Crippen LogP) is 5.08. The largest absolute Gasteiger partial charge is 0.507 e. The van der Waals surface area contributed by atoms with Gasteiger partial charge in [-0.05, 0) is 42.0 Å². The molecule has 1 heterocycles. The van der Waals surface area contributed by atoms with Gasteiger partial charge in [0.1, 0.15) is 11.5 Å². The number of methoxy groups -OCH3 is 1. The number of ketones is 1. The first kappa shape index (κ1) is 19.9. The number of aliphatic hydroxyl groups is 1. The number of hydrogen-bond acceptors (Lipinski definition) is 4. The third-order valence-electron chi connectivity index (χ3n) is 5.03. The summed E-state index contributed by atoms with van der Waals surface area (Å²) in [6.07, 6.45) is 0. The van der Waals surface area contributed by atoms with Crippen molar-refractivity contribution in [2.24, 2.45) is 0 Å². The van der Waals surface area contributed by atoms with Gasteiger partial charge in [-0.1, -0.05) is 58.4 Å². The summed E-state index contributed by atoms with van der Waals surface area (Å²) >= 11 is 3.39. The van der Waals surface area contributed by atoms with Gasteiger partial charge in [0.2, 0.25) is 0 Å². The molecule has 0 spiro atoms. The molecule has 3 aromatic rings. The number of amides is 1. The van der Waals surface area contributed by atoms with Gasteiger partial charge in [-0.2, -0.15) is 0 Å². The summed E-state index contributed by atoms with van der Waals surface area (Å²) in [4.78, 5) is 27.5. The van der Waals surface area contributed by atoms with Crippen LogP contribution in [0.25, 0.3) is 5.76 Å². The highest BCUT2D eigenvalue weighted by Crippen LogP contribution is 2.42. The monoisotopic (exact) mass is 463 g/mol. The number of anilines is 1. The van der Waals surface area contributed by atoms with Gasteiger partial charge in [0, 0.05) is 15.7 Å². The molecule has 1 amide bonds. The molecule has 6 heteroatoms. The quantitative estimate of drug-likeness (QED) is 0.332. The van der Waals surface area contributed by atoms with Gasteiger partial charge >= 0.3 is 0 Å². The smallest absolute Gasteiger partial charge is 0.300 e. The molecule has 1 unspecified atom stereocenters. The number of halogens is 1. The standard InChI is InChI=1S/C24H18BrNO4/c1-30-19-13-7-15(8-14-19)21-20(22(27)16-5-3-2-4-6-16)23(28)24(29)26(21)18-11-9-17(25)10-12-18/h2-14,21,27H,1H3/b22-20+. The second-order valence-corrected chi connectivity index (χ2v) is 7.70. The Morgan fingerprint density at radius 1 is 0.933 bits per heavy atom. The predicted molar refractivity (Wildman–Crippen MR) is 118 cm³/mol. The molecule has 1 N–H and O–H groups in total. The minimum atomic E-state index is -0.766. The van der Waals surface area contributed by atoms with E-state index in [-0.39, 0.29) is 11.3 Å². The number of nitrogens with zero attached hydrogens (tertiary/aromatic N) is 1. The van der Waals surface area contributed by atoms with Crippen LogP contribution in [0.1, 0.15) is 17.2 Å². The maximum atomic E-state index is 13.0. The van der Waals surface area contributed by atoms with Crippen LogP contribution in [0.5, 0.6) is 5.75 Å². The molecule has 4 rings (SSSR count). The van der Waals surface area contributed by atoms with E-state index in [0.717, 1.165) is 4.47 Å². The zero-order valence-corrected chi connectivity index (χ0v) is 17.7. The van der Waals surface area contributed by atoms with Crippen LogP contribution in [0.2, 0.25) is 0 Å². The van der Waals surface area contributed by atoms with E-state index in [0.29, 0.717) is 22.6 Å². The van der Waals surface area contributed by atoms with Crippen LogP contribution in [0.3, 0.4) is 0 Å². The Hall–Kier alpha value is -3.38. The van der Waals surface area contributed by atoms with E-state index in [1.807, 2.05) is 6.07 Å². The van der Waals surface area contributed by atoms with Gasteiger partial charge in [0.25, 0.3) is 11.7 Å². The fourth-order valence-electron chi connectivity index (χ4n) is 3.55. The number of aliphatic hydroxyl groups excluding tert-OH is 1. The lowest BCUT2D eigenvalue weighted by Gasteiger charge is -2.25. The van der Waals surface area contributed by atoms with Crippen LogP contribution < -0.4 is 9.64 Å². The van der Waals surface area contributed by atoms with E-state index in [1.165, 1.54) is 4.90 Å². The molecule has 1 aliphatic heterocycles. The van der Waals surface area contributed by atoms with Crippen LogP contribution in [0.15, 0.2) is 88.9 Å². The first-order chi connectivity index (χ1) is 14.5. The first-order valence-corrected chi connectivity index (χ1v) is 10.1. The third kappa shape index (κ3) is 3.50. The van der Waals surface area contributed by atoms with E-state index in [4.69, 9.17) is 4.74 Å². The van der Waals surface area contributed by atoms with Gasteiger partial charge in [-0.3, -0.25) is 14.5 Å². The molecular weight excluding hydrogens is 446 g/mol. The van der Waals surface area contributed by atoms with Crippen molar-refractivity contribution in [3.8, 4) is 5.75 Å². The molecule has 1 fully saturated rings. The Morgan fingerprint density at radius 2 is 1.57 bits per heavy atom. The van der Waals surface area contributed by atoms with Gasteiger partial charge in [0.05, 0.1) is 18.7 Å².